The quantitative estimate of drug-likeness (QED) is 0.757. The normalized spacial score (nSPS) is 24.9. The highest BCUT2D eigenvalue weighted by Crippen LogP contribution is 2.41. The van der Waals surface area contributed by atoms with Crippen LogP contribution in [0.1, 0.15) is 50.1 Å². The highest BCUT2D eigenvalue weighted by Gasteiger charge is 2.34. The van der Waals surface area contributed by atoms with E-state index in [1.807, 2.05) is 24.3 Å². The van der Waals surface area contributed by atoms with Gasteiger partial charge in [-0.15, -0.1) is 0 Å². The predicted octanol–water partition coefficient (Wildman–Crippen LogP) is 3.73. The third-order valence-corrected chi connectivity index (χ3v) is 5.27. The van der Waals surface area contributed by atoms with Crippen molar-refractivity contribution in [2.24, 2.45) is 11.8 Å². The molecular formula is C18H23ClN2O3. The second kappa shape index (κ2) is 7.43. The van der Waals surface area contributed by atoms with Crippen molar-refractivity contribution >= 4 is 23.6 Å². The fourth-order valence-corrected chi connectivity index (χ4v) is 3.55. The zero-order valence-corrected chi connectivity index (χ0v) is 14.3. The molecule has 6 heteroatoms. The number of amides is 2. The number of urea groups is 1. The number of carboxylic acid groups (broad SMARTS) is 1. The van der Waals surface area contributed by atoms with Crippen molar-refractivity contribution in [1.29, 1.82) is 0 Å². The number of aliphatic carboxylic acids is 1. The van der Waals surface area contributed by atoms with Crippen molar-refractivity contribution < 1.29 is 14.7 Å². The van der Waals surface area contributed by atoms with Gasteiger partial charge in [-0.05, 0) is 62.1 Å². The topological polar surface area (TPSA) is 78.4 Å². The Kier molecular flexibility index (Phi) is 5.29. The van der Waals surface area contributed by atoms with Gasteiger partial charge in [0, 0.05) is 11.1 Å². The Morgan fingerprint density at radius 1 is 1.04 bits per heavy atom. The van der Waals surface area contributed by atoms with E-state index >= 15 is 0 Å². The molecule has 2 fully saturated rings. The Hall–Kier alpha value is -1.75. The van der Waals surface area contributed by atoms with Crippen LogP contribution in [0.2, 0.25) is 5.02 Å². The minimum Gasteiger partial charge on any atom is -0.481 e. The maximum absolute atomic E-state index is 12.3. The number of hydrogen-bond acceptors (Lipinski definition) is 2. The molecule has 1 unspecified atom stereocenters. The fourth-order valence-electron chi connectivity index (χ4n) is 3.43. The van der Waals surface area contributed by atoms with E-state index in [0.29, 0.717) is 23.8 Å². The molecule has 1 atom stereocenters. The predicted molar refractivity (Wildman–Crippen MR) is 92.0 cm³/mol. The fraction of sp³-hybridized carbons (Fsp3) is 0.556. The summed E-state index contributed by atoms with van der Waals surface area (Å²) in [6.07, 6.45) is 4.94. The number of carbonyl (C=O) groups excluding carboxylic acids is 1. The average Bonchev–Trinajstić information content (AvgIpc) is 3.39. The van der Waals surface area contributed by atoms with Crippen LogP contribution in [-0.4, -0.2) is 23.1 Å². The second-order valence-corrected chi connectivity index (χ2v) is 7.31. The van der Waals surface area contributed by atoms with Gasteiger partial charge in [0.05, 0.1) is 12.0 Å². The third-order valence-electron chi connectivity index (χ3n) is 5.02. The van der Waals surface area contributed by atoms with Gasteiger partial charge in [-0.1, -0.05) is 23.7 Å². The molecule has 3 rings (SSSR count). The van der Waals surface area contributed by atoms with Gasteiger partial charge in [0.25, 0.3) is 0 Å². The minimum atomic E-state index is -0.727. The molecule has 1 aromatic rings. The lowest BCUT2D eigenvalue weighted by atomic mass is 9.86. The molecule has 0 saturated heterocycles. The first-order chi connectivity index (χ1) is 11.5. The summed E-state index contributed by atoms with van der Waals surface area (Å²) in [7, 11) is 0. The molecule has 0 aliphatic heterocycles. The Morgan fingerprint density at radius 3 is 2.21 bits per heavy atom. The summed E-state index contributed by atoms with van der Waals surface area (Å²) in [5.41, 5.74) is 1.08. The highest BCUT2D eigenvalue weighted by atomic mass is 35.5. The summed E-state index contributed by atoms with van der Waals surface area (Å²) in [6, 6.07) is 7.52. The molecule has 2 aliphatic rings. The summed E-state index contributed by atoms with van der Waals surface area (Å²) >= 11 is 5.94. The molecule has 0 heterocycles. The third kappa shape index (κ3) is 4.41. The number of carboxylic acids is 1. The van der Waals surface area contributed by atoms with Crippen LogP contribution in [0.5, 0.6) is 0 Å². The summed E-state index contributed by atoms with van der Waals surface area (Å²) in [5.74, 6) is -0.506. The van der Waals surface area contributed by atoms with E-state index in [4.69, 9.17) is 16.7 Å². The van der Waals surface area contributed by atoms with Crippen molar-refractivity contribution in [3.63, 3.8) is 0 Å². The van der Waals surface area contributed by atoms with Gasteiger partial charge in [0.2, 0.25) is 0 Å². The van der Waals surface area contributed by atoms with Gasteiger partial charge in [0.1, 0.15) is 0 Å². The van der Waals surface area contributed by atoms with Gasteiger partial charge in [0.15, 0.2) is 0 Å². The summed E-state index contributed by atoms with van der Waals surface area (Å²) in [5, 5.41) is 15.8. The Labute approximate surface area is 146 Å². The molecule has 2 saturated carbocycles. The van der Waals surface area contributed by atoms with E-state index in [1.165, 1.54) is 0 Å². The van der Waals surface area contributed by atoms with E-state index in [-0.39, 0.29) is 24.0 Å². The molecule has 24 heavy (non-hydrogen) atoms. The van der Waals surface area contributed by atoms with Crippen molar-refractivity contribution in [2.75, 3.05) is 0 Å². The van der Waals surface area contributed by atoms with Crippen molar-refractivity contribution in [3.8, 4) is 0 Å². The molecule has 1 aromatic carbocycles. The number of nitrogens with one attached hydrogen (secondary N) is 2. The number of hydrogen-bond donors (Lipinski definition) is 3. The maximum Gasteiger partial charge on any atom is 0.315 e. The van der Waals surface area contributed by atoms with E-state index < -0.39 is 5.97 Å². The van der Waals surface area contributed by atoms with Crippen LogP contribution in [0.4, 0.5) is 4.79 Å². The second-order valence-electron chi connectivity index (χ2n) is 6.87. The highest BCUT2D eigenvalue weighted by molar-refractivity contribution is 6.30. The van der Waals surface area contributed by atoms with Crippen LogP contribution < -0.4 is 10.6 Å². The number of rotatable bonds is 5. The SMILES string of the molecule is O=C(NC1CCC(C(=O)O)CC1)NC(c1ccc(Cl)cc1)C1CC1. The van der Waals surface area contributed by atoms with Crippen molar-refractivity contribution in [2.45, 2.75) is 50.6 Å². The molecule has 5 nitrogen and oxygen atoms in total. The summed E-state index contributed by atoms with van der Waals surface area (Å²) < 4.78 is 0. The summed E-state index contributed by atoms with van der Waals surface area (Å²) in [4.78, 5) is 23.3. The molecular weight excluding hydrogens is 328 g/mol. The lowest BCUT2D eigenvalue weighted by Gasteiger charge is -2.28. The Morgan fingerprint density at radius 2 is 1.67 bits per heavy atom. The van der Waals surface area contributed by atoms with E-state index in [1.54, 1.807) is 0 Å². The van der Waals surface area contributed by atoms with E-state index in [9.17, 15) is 9.59 Å². The van der Waals surface area contributed by atoms with Gasteiger partial charge < -0.3 is 15.7 Å². The van der Waals surface area contributed by atoms with Crippen LogP contribution in [0, 0.1) is 11.8 Å². The van der Waals surface area contributed by atoms with E-state index in [2.05, 4.69) is 10.6 Å². The minimum absolute atomic E-state index is 0.0117. The van der Waals surface area contributed by atoms with Crippen molar-refractivity contribution in [1.82, 2.24) is 10.6 Å². The first-order valence-electron chi connectivity index (χ1n) is 8.58. The monoisotopic (exact) mass is 350 g/mol. The van der Waals surface area contributed by atoms with Crippen LogP contribution in [0.15, 0.2) is 24.3 Å². The molecule has 0 radical (unpaired) electrons. The molecule has 3 N–H and O–H groups in total. The van der Waals surface area contributed by atoms with Gasteiger partial charge in [-0.25, -0.2) is 4.79 Å². The first-order valence-corrected chi connectivity index (χ1v) is 8.96. The Bertz CT molecular complexity index is 593. The van der Waals surface area contributed by atoms with E-state index in [0.717, 1.165) is 31.2 Å². The average molecular weight is 351 g/mol. The number of halogens is 1. The molecule has 0 aromatic heterocycles. The molecule has 2 amide bonds. The Balaban J connectivity index is 1.53. The number of carbonyl (C=O) groups is 2. The summed E-state index contributed by atoms with van der Waals surface area (Å²) in [6.45, 7) is 0. The molecule has 0 spiro atoms. The number of benzene rings is 1. The van der Waals surface area contributed by atoms with Crippen LogP contribution in [-0.2, 0) is 4.79 Å². The first kappa shape index (κ1) is 17.1. The lowest BCUT2D eigenvalue weighted by Crippen LogP contribution is -2.45. The zero-order chi connectivity index (χ0) is 17.1. The molecule has 130 valence electrons. The largest absolute Gasteiger partial charge is 0.481 e. The zero-order valence-electron chi connectivity index (χ0n) is 13.5. The maximum atomic E-state index is 12.3. The smallest absolute Gasteiger partial charge is 0.315 e. The molecule has 2 aliphatic carbocycles. The van der Waals surface area contributed by atoms with Crippen LogP contribution in [0.3, 0.4) is 0 Å². The lowest BCUT2D eigenvalue weighted by molar-refractivity contribution is -0.142. The van der Waals surface area contributed by atoms with Gasteiger partial charge in [-0.2, -0.15) is 0 Å². The van der Waals surface area contributed by atoms with Gasteiger partial charge >= 0.3 is 12.0 Å². The van der Waals surface area contributed by atoms with Gasteiger partial charge in [-0.3, -0.25) is 4.79 Å². The standard InChI is InChI=1S/C18H23ClN2O3/c19-14-7-3-12(4-8-14)16(11-1-2-11)21-18(24)20-15-9-5-13(6-10-15)17(22)23/h3-4,7-8,11,13,15-16H,1-2,5-6,9-10H2,(H,22,23)(H2,20,21,24). The van der Waals surface area contributed by atoms with Crippen LogP contribution in [0.25, 0.3) is 0 Å². The molecule has 0 bridgehead atoms. The van der Waals surface area contributed by atoms with Crippen molar-refractivity contribution in [3.05, 3.63) is 34.9 Å². The van der Waals surface area contributed by atoms with Crippen LogP contribution >= 0.6 is 11.6 Å².